The van der Waals surface area contributed by atoms with Crippen LogP contribution in [0.2, 0.25) is 0 Å². The van der Waals surface area contributed by atoms with E-state index in [1.807, 2.05) is 0 Å². The molecule has 0 aliphatic heterocycles. The topological polar surface area (TPSA) is 8.17 Å². The minimum Gasteiger partial charge on any atom is -0.339 e. The molecule has 1 aromatic heterocycles. The Hall–Kier alpha value is -4.30. The second-order valence-electron chi connectivity index (χ2n) is 11.7. The molecule has 0 unspecified atom stereocenters. The number of benzene rings is 5. The molecule has 6 aromatic rings. The first kappa shape index (κ1) is 25.0. The van der Waals surface area contributed by atoms with Crippen LogP contribution in [0.4, 0.5) is 11.4 Å². The molecule has 0 aliphatic carbocycles. The predicted molar refractivity (Wildman–Crippen MR) is 169 cm³/mol. The number of anilines is 2. The van der Waals surface area contributed by atoms with E-state index in [0.717, 1.165) is 0 Å². The third kappa shape index (κ3) is 4.61. The van der Waals surface area contributed by atoms with Crippen molar-refractivity contribution in [3.63, 3.8) is 0 Å². The van der Waals surface area contributed by atoms with Crippen LogP contribution < -0.4 is 4.90 Å². The van der Waals surface area contributed by atoms with Crippen molar-refractivity contribution in [2.24, 2.45) is 0 Å². The maximum absolute atomic E-state index is 2.41. The van der Waals surface area contributed by atoms with Crippen LogP contribution in [0.15, 0.2) is 121 Å². The average molecular weight is 509 g/mol. The Labute approximate surface area is 232 Å². The van der Waals surface area contributed by atoms with Gasteiger partial charge in [0.25, 0.3) is 0 Å². The highest BCUT2D eigenvalue weighted by molar-refractivity contribution is 6.10. The Morgan fingerprint density at radius 2 is 1.13 bits per heavy atom. The van der Waals surface area contributed by atoms with Gasteiger partial charge in [-0.3, -0.25) is 0 Å². The van der Waals surface area contributed by atoms with Crippen LogP contribution in [0.5, 0.6) is 0 Å². The fraction of sp³-hybridized carbons (Fsp3) is 0.189. The minimum atomic E-state index is 0.150. The predicted octanol–water partition coefficient (Wildman–Crippen LogP) is 10.3. The summed E-state index contributed by atoms with van der Waals surface area (Å²) in [5.41, 5.74) is 10.0. The van der Waals surface area contributed by atoms with Crippen LogP contribution in [0.1, 0.15) is 40.2 Å². The van der Waals surface area contributed by atoms with Crippen LogP contribution in [0, 0.1) is 0 Å². The number of nitrogens with zero attached hydrogens (tertiary/aromatic N) is 2. The van der Waals surface area contributed by atoms with Crippen molar-refractivity contribution in [3.05, 3.63) is 127 Å². The summed E-state index contributed by atoms with van der Waals surface area (Å²) in [6.45, 7) is 11.3. The van der Waals surface area contributed by atoms with Crippen molar-refractivity contribution in [2.75, 3.05) is 4.90 Å². The fourth-order valence-corrected chi connectivity index (χ4v) is 5.69. The molecule has 0 saturated carbocycles. The third-order valence-corrected chi connectivity index (χ3v) is 7.69. The summed E-state index contributed by atoms with van der Waals surface area (Å²) in [4.78, 5) is 2.41. The largest absolute Gasteiger partial charge is 0.339 e. The molecule has 39 heavy (non-hydrogen) atoms. The highest BCUT2D eigenvalue weighted by Gasteiger charge is 2.17. The molecule has 5 aromatic carbocycles. The minimum absolute atomic E-state index is 0.150. The normalized spacial score (nSPS) is 11.9. The number of hydrogen-bond donors (Lipinski definition) is 0. The van der Waals surface area contributed by atoms with E-state index in [-0.39, 0.29) is 5.41 Å². The van der Waals surface area contributed by atoms with Crippen LogP contribution in [0.25, 0.3) is 38.6 Å². The van der Waals surface area contributed by atoms with Gasteiger partial charge in [-0.05, 0) is 90.6 Å². The van der Waals surface area contributed by atoms with E-state index in [9.17, 15) is 0 Å². The third-order valence-electron chi connectivity index (χ3n) is 7.69. The summed E-state index contributed by atoms with van der Waals surface area (Å²) in [7, 11) is 0. The first-order chi connectivity index (χ1) is 18.8. The van der Waals surface area contributed by atoms with Gasteiger partial charge in [-0.1, -0.05) is 87.5 Å². The molecular formula is C37H36N2. The molecule has 1 heterocycles. The van der Waals surface area contributed by atoms with E-state index in [4.69, 9.17) is 0 Å². The van der Waals surface area contributed by atoms with Gasteiger partial charge in [0, 0.05) is 33.9 Å². The highest BCUT2D eigenvalue weighted by atomic mass is 15.2. The molecule has 0 bridgehead atoms. The zero-order chi connectivity index (χ0) is 27.1. The van der Waals surface area contributed by atoms with E-state index in [1.165, 1.54) is 55.6 Å². The van der Waals surface area contributed by atoms with Crippen LogP contribution in [-0.4, -0.2) is 10.6 Å². The average Bonchev–Trinajstić information content (AvgIpc) is 3.27. The number of para-hydroxylation sites is 2. The first-order valence-corrected chi connectivity index (χ1v) is 13.9. The van der Waals surface area contributed by atoms with E-state index in [0.29, 0.717) is 6.04 Å². The standard InChI is InChI=1S/C37H36N2/c1-26(2)38(32-22-18-29(19-23-32)37(3,4)5)31-20-15-27(16-21-31)28-17-24-36-34(25-28)33-13-9-10-14-35(33)39(36)30-11-7-6-8-12-30/h6-26H,1-5H3. The summed E-state index contributed by atoms with van der Waals surface area (Å²) < 4.78 is 2.36. The van der Waals surface area contributed by atoms with Gasteiger partial charge in [0.05, 0.1) is 11.0 Å². The monoisotopic (exact) mass is 508 g/mol. The molecule has 0 N–H and O–H groups in total. The molecule has 0 aliphatic rings. The van der Waals surface area contributed by atoms with Crippen molar-refractivity contribution in [2.45, 2.75) is 46.1 Å². The van der Waals surface area contributed by atoms with E-state index >= 15 is 0 Å². The number of fused-ring (bicyclic) bond motifs is 3. The molecule has 0 saturated heterocycles. The second-order valence-corrected chi connectivity index (χ2v) is 11.7. The molecule has 0 spiro atoms. The lowest BCUT2D eigenvalue weighted by molar-refractivity contribution is 0.590. The lowest BCUT2D eigenvalue weighted by atomic mass is 9.87. The second kappa shape index (κ2) is 9.78. The van der Waals surface area contributed by atoms with Gasteiger partial charge in [-0.15, -0.1) is 0 Å². The molecule has 6 rings (SSSR count). The van der Waals surface area contributed by atoms with Gasteiger partial charge >= 0.3 is 0 Å². The van der Waals surface area contributed by atoms with Crippen molar-refractivity contribution in [3.8, 4) is 16.8 Å². The van der Waals surface area contributed by atoms with E-state index < -0.39 is 0 Å². The summed E-state index contributed by atoms with van der Waals surface area (Å²) in [5, 5.41) is 2.55. The van der Waals surface area contributed by atoms with Crippen molar-refractivity contribution in [1.82, 2.24) is 4.57 Å². The molecule has 2 nitrogen and oxygen atoms in total. The Kier molecular flexibility index (Phi) is 6.27. The van der Waals surface area contributed by atoms with Crippen molar-refractivity contribution < 1.29 is 0 Å². The quantitative estimate of drug-likeness (QED) is 0.225. The zero-order valence-corrected chi connectivity index (χ0v) is 23.5. The van der Waals surface area contributed by atoms with Gasteiger partial charge in [-0.25, -0.2) is 0 Å². The molecule has 0 amide bonds. The number of rotatable bonds is 5. The molecule has 194 valence electrons. The molecule has 0 radical (unpaired) electrons. The maximum atomic E-state index is 2.41. The van der Waals surface area contributed by atoms with Crippen LogP contribution in [0.3, 0.4) is 0 Å². The van der Waals surface area contributed by atoms with E-state index in [2.05, 4.69) is 165 Å². The smallest absolute Gasteiger partial charge is 0.0541 e. The lowest BCUT2D eigenvalue weighted by Gasteiger charge is -2.30. The maximum Gasteiger partial charge on any atom is 0.0541 e. The lowest BCUT2D eigenvalue weighted by Crippen LogP contribution is -2.25. The van der Waals surface area contributed by atoms with Gasteiger partial charge < -0.3 is 9.47 Å². The van der Waals surface area contributed by atoms with Crippen LogP contribution in [-0.2, 0) is 5.41 Å². The Bertz CT molecular complexity index is 1730. The molecule has 0 atom stereocenters. The molecule has 0 fully saturated rings. The fourth-order valence-electron chi connectivity index (χ4n) is 5.69. The summed E-state index contributed by atoms with van der Waals surface area (Å²) in [6, 6.07) is 44.6. The molecular weight excluding hydrogens is 472 g/mol. The summed E-state index contributed by atoms with van der Waals surface area (Å²) in [5.74, 6) is 0. The Morgan fingerprint density at radius 3 is 1.77 bits per heavy atom. The Balaban J connectivity index is 1.38. The first-order valence-electron chi connectivity index (χ1n) is 13.9. The van der Waals surface area contributed by atoms with Gasteiger partial charge in [0.1, 0.15) is 0 Å². The number of aromatic nitrogens is 1. The highest BCUT2D eigenvalue weighted by Crippen LogP contribution is 2.36. The van der Waals surface area contributed by atoms with Gasteiger partial charge in [-0.2, -0.15) is 0 Å². The SMILES string of the molecule is CC(C)N(c1ccc(-c2ccc3c(c2)c2ccccc2n3-c2ccccc2)cc1)c1ccc(C(C)(C)C)cc1. The Morgan fingerprint density at radius 1 is 0.564 bits per heavy atom. The van der Waals surface area contributed by atoms with Crippen molar-refractivity contribution >= 4 is 33.2 Å². The van der Waals surface area contributed by atoms with Crippen molar-refractivity contribution in [1.29, 1.82) is 0 Å². The number of hydrogen-bond acceptors (Lipinski definition) is 1. The van der Waals surface area contributed by atoms with Gasteiger partial charge in [0.15, 0.2) is 0 Å². The van der Waals surface area contributed by atoms with E-state index in [1.54, 1.807) is 0 Å². The zero-order valence-electron chi connectivity index (χ0n) is 23.5. The molecule has 2 heteroatoms. The van der Waals surface area contributed by atoms with Crippen LogP contribution >= 0.6 is 0 Å². The van der Waals surface area contributed by atoms with Gasteiger partial charge in [0.2, 0.25) is 0 Å². The summed E-state index contributed by atoms with van der Waals surface area (Å²) >= 11 is 0. The summed E-state index contributed by atoms with van der Waals surface area (Å²) in [6.07, 6.45) is 0.